The predicted octanol–water partition coefficient (Wildman–Crippen LogP) is 1.96. The number of aromatic nitrogens is 1. The third kappa shape index (κ3) is 2.95. The van der Waals surface area contributed by atoms with Crippen LogP contribution in [0.3, 0.4) is 0 Å². The summed E-state index contributed by atoms with van der Waals surface area (Å²) in [5, 5.41) is 8.86. The first-order valence-corrected chi connectivity index (χ1v) is 4.85. The molecule has 1 aromatic rings. The Morgan fingerprint density at radius 3 is 2.56 bits per heavy atom. The first kappa shape index (κ1) is 12.0. The molecule has 0 bridgehead atoms. The van der Waals surface area contributed by atoms with Gasteiger partial charge in [0.05, 0.1) is 5.56 Å². The van der Waals surface area contributed by atoms with Gasteiger partial charge in [0.15, 0.2) is 0 Å². The minimum atomic E-state index is -0.958. The van der Waals surface area contributed by atoms with Gasteiger partial charge in [0.2, 0.25) is 0 Å². The van der Waals surface area contributed by atoms with Gasteiger partial charge in [-0.1, -0.05) is 12.2 Å². The van der Waals surface area contributed by atoms with Gasteiger partial charge in [-0.25, -0.2) is 9.78 Å². The largest absolute Gasteiger partial charge is 0.478 e. The average Bonchev–Trinajstić information content (AvgIpc) is 2.29. The molecule has 16 heavy (non-hydrogen) atoms. The van der Waals surface area contributed by atoms with E-state index in [0.29, 0.717) is 18.9 Å². The second kappa shape index (κ2) is 5.70. The summed E-state index contributed by atoms with van der Waals surface area (Å²) in [7, 11) is 0. The molecule has 0 amide bonds. The molecule has 0 atom stereocenters. The number of hydrogen-bond donors (Lipinski definition) is 1. The average molecular weight is 218 g/mol. The Hall–Kier alpha value is -2.10. The number of aromatic carboxylic acids is 1. The van der Waals surface area contributed by atoms with E-state index in [4.69, 9.17) is 5.11 Å². The van der Waals surface area contributed by atoms with Crippen molar-refractivity contribution in [1.29, 1.82) is 0 Å². The van der Waals surface area contributed by atoms with Crippen molar-refractivity contribution in [3.05, 3.63) is 49.2 Å². The standard InChI is InChI=1S/C12H14N2O2/c1-3-7-14(8-4-2)11-9-10(12(15)16)5-6-13-11/h3-6,9H,1-2,7-8H2,(H,15,16). The number of carbonyl (C=O) groups is 1. The van der Waals surface area contributed by atoms with Crippen LogP contribution in [0.15, 0.2) is 43.6 Å². The lowest BCUT2D eigenvalue weighted by molar-refractivity contribution is 0.0697. The maximum Gasteiger partial charge on any atom is 0.335 e. The van der Waals surface area contributed by atoms with Gasteiger partial charge < -0.3 is 10.0 Å². The molecule has 1 rings (SSSR count). The molecule has 1 aromatic heterocycles. The highest BCUT2D eigenvalue weighted by molar-refractivity contribution is 5.88. The molecule has 0 aliphatic carbocycles. The number of carboxylic acid groups (broad SMARTS) is 1. The van der Waals surface area contributed by atoms with Crippen molar-refractivity contribution in [2.45, 2.75) is 0 Å². The monoisotopic (exact) mass is 218 g/mol. The zero-order chi connectivity index (χ0) is 12.0. The smallest absolute Gasteiger partial charge is 0.335 e. The van der Waals surface area contributed by atoms with Crippen LogP contribution in [-0.4, -0.2) is 29.1 Å². The molecule has 4 heteroatoms. The minimum Gasteiger partial charge on any atom is -0.478 e. The molecule has 0 aliphatic heterocycles. The van der Waals surface area contributed by atoms with E-state index < -0.39 is 5.97 Å². The van der Waals surface area contributed by atoms with Crippen molar-refractivity contribution in [1.82, 2.24) is 4.98 Å². The van der Waals surface area contributed by atoms with Crippen LogP contribution in [0, 0.1) is 0 Å². The fourth-order valence-corrected chi connectivity index (χ4v) is 1.30. The van der Waals surface area contributed by atoms with E-state index in [1.807, 2.05) is 4.90 Å². The normalized spacial score (nSPS) is 9.50. The third-order valence-corrected chi connectivity index (χ3v) is 2.02. The SMILES string of the molecule is C=CCN(CC=C)c1cc(C(=O)O)ccn1. The Bertz CT molecular complexity index is 392. The number of anilines is 1. The Kier molecular flexibility index (Phi) is 4.27. The van der Waals surface area contributed by atoms with Crippen LogP contribution >= 0.6 is 0 Å². The molecular weight excluding hydrogens is 204 g/mol. The van der Waals surface area contributed by atoms with E-state index in [2.05, 4.69) is 18.1 Å². The van der Waals surface area contributed by atoms with E-state index >= 15 is 0 Å². The number of nitrogens with zero attached hydrogens (tertiary/aromatic N) is 2. The van der Waals surface area contributed by atoms with Gasteiger partial charge >= 0.3 is 5.97 Å². The molecule has 0 aromatic carbocycles. The predicted molar refractivity (Wildman–Crippen MR) is 63.8 cm³/mol. The van der Waals surface area contributed by atoms with E-state index in [9.17, 15) is 4.79 Å². The quantitative estimate of drug-likeness (QED) is 0.741. The molecule has 0 unspecified atom stereocenters. The van der Waals surface area contributed by atoms with Crippen molar-refractivity contribution in [3.8, 4) is 0 Å². The molecule has 0 radical (unpaired) electrons. The molecule has 0 aliphatic rings. The maximum atomic E-state index is 10.8. The molecule has 1 heterocycles. The number of carboxylic acids is 1. The highest BCUT2D eigenvalue weighted by atomic mass is 16.4. The maximum absolute atomic E-state index is 10.8. The first-order chi connectivity index (χ1) is 7.69. The van der Waals surface area contributed by atoms with E-state index in [0.717, 1.165) is 0 Å². The molecule has 1 N–H and O–H groups in total. The van der Waals surface area contributed by atoms with Crippen molar-refractivity contribution in [2.75, 3.05) is 18.0 Å². The lowest BCUT2D eigenvalue weighted by atomic mass is 10.2. The molecule has 0 spiro atoms. The van der Waals surface area contributed by atoms with Crippen LogP contribution in [0.4, 0.5) is 5.82 Å². The second-order valence-corrected chi connectivity index (χ2v) is 3.19. The molecule has 0 saturated carbocycles. The van der Waals surface area contributed by atoms with Gasteiger partial charge in [0, 0.05) is 19.3 Å². The van der Waals surface area contributed by atoms with Gasteiger partial charge in [-0.3, -0.25) is 0 Å². The summed E-state index contributed by atoms with van der Waals surface area (Å²) < 4.78 is 0. The van der Waals surface area contributed by atoms with Gasteiger partial charge in [0.1, 0.15) is 5.82 Å². The zero-order valence-corrected chi connectivity index (χ0v) is 8.97. The van der Waals surface area contributed by atoms with Crippen molar-refractivity contribution >= 4 is 11.8 Å². The highest BCUT2D eigenvalue weighted by Crippen LogP contribution is 2.12. The van der Waals surface area contributed by atoms with E-state index in [-0.39, 0.29) is 5.56 Å². The number of rotatable bonds is 6. The molecule has 4 nitrogen and oxygen atoms in total. The zero-order valence-electron chi connectivity index (χ0n) is 8.97. The van der Waals surface area contributed by atoms with E-state index in [1.165, 1.54) is 18.3 Å². The van der Waals surface area contributed by atoms with Gasteiger partial charge in [0.25, 0.3) is 0 Å². The van der Waals surface area contributed by atoms with Crippen molar-refractivity contribution < 1.29 is 9.90 Å². The summed E-state index contributed by atoms with van der Waals surface area (Å²) in [4.78, 5) is 16.8. The van der Waals surface area contributed by atoms with Crippen LogP contribution in [0.1, 0.15) is 10.4 Å². The fourth-order valence-electron chi connectivity index (χ4n) is 1.30. The lowest BCUT2D eigenvalue weighted by Gasteiger charge is -2.20. The third-order valence-electron chi connectivity index (χ3n) is 2.02. The Balaban J connectivity index is 2.98. The Morgan fingerprint density at radius 1 is 1.44 bits per heavy atom. The van der Waals surface area contributed by atoms with Crippen LogP contribution in [0.2, 0.25) is 0 Å². The van der Waals surface area contributed by atoms with Crippen molar-refractivity contribution in [3.63, 3.8) is 0 Å². The minimum absolute atomic E-state index is 0.225. The molecular formula is C12H14N2O2. The van der Waals surface area contributed by atoms with Crippen LogP contribution < -0.4 is 4.90 Å². The lowest BCUT2D eigenvalue weighted by Crippen LogP contribution is -2.24. The van der Waals surface area contributed by atoms with Gasteiger partial charge in [-0.2, -0.15) is 0 Å². The first-order valence-electron chi connectivity index (χ1n) is 4.85. The van der Waals surface area contributed by atoms with E-state index in [1.54, 1.807) is 12.2 Å². The fraction of sp³-hybridized carbons (Fsp3) is 0.167. The number of pyridine rings is 1. The summed E-state index contributed by atoms with van der Waals surface area (Å²) in [6.45, 7) is 8.49. The summed E-state index contributed by atoms with van der Waals surface area (Å²) in [6, 6.07) is 3.00. The van der Waals surface area contributed by atoms with Crippen LogP contribution in [0.25, 0.3) is 0 Å². The Labute approximate surface area is 94.5 Å². The summed E-state index contributed by atoms with van der Waals surface area (Å²) in [5.74, 6) is -0.347. The van der Waals surface area contributed by atoms with Gasteiger partial charge in [-0.05, 0) is 12.1 Å². The number of hydrogen-bond acceptors (Lipinski definition) is 3. The summed E-state index contributed by atoms with van der Waals surface area (Å²) in [6.07, 6.45) is 4.95. The topological polar surface area (TPSA) is 53.4 Å². The summed E-state index contributed by atoms with van der Waals surface area (Å²) >= 11 is 0. The van der Waals surface area contributed by atoms with Crippen molar-refractivity contribution in [2.24, 2.45) is 0 Å². The van der Waals surface area contributed by atoms with Crippen LogP contribution in [0.5, 0.6) is 0 Å². The highest BCUT2D eigenvalue weighted by Gasteiger charge is 2.08. The molecule has 0 fully saturated rings. The van der Waals surface area contributed by atoms with Crippen LogP contribution in [-0.2, 0) is 0 Å². The molecule has 0 saturated heterocycles. The summed E-state index contributed by atoms with van der Waals surface area (Å²) in [5.41, 5.74) is 0.225. The molecule has 84 valence electrons. The van der Waals surface area contributed by atoms with Gasteiger partial charge in [-0.15, -0.1) is 13.2 Å². The Morgan fingerprint density at radius 2 is 2.06 bits per heavy atom. The second-order valence-electron chi connectivity index (χ2n) is 3.19.